The van der Waals surface area contributed by atoms with Crippen LogP contribution in [0.4, 0.5) is 0 Å². The number of rotatable bonds is 6. The Balaban J connectivity index is 1.61. The van der Waals surface area contributed by atoms with Crippen LogP contribution >= 0.6 is 0 Å². The number of hydrogen-bond acceptors (Lipinski definition) is 3. The van der Waals surface area contributed by atoms with Crippen LogP contribution in [-0.2, 0) is 11.4 Å². The number of nitrogens with one attached hydrogen (secondary N) is 2. The molecule has 1 aliphatic heterocycles. The number of hydrogen-bond donors (Lipinski definition) is 2. The van der Waals surface area contributed by atoms with E-state index in [0.717, 1.165) is 6.42 Å². The van der Waals surface area contributed by atoms with Crippen molar-refractivity contribution in [3.05, 3.63) is 35.9 Å². The van der Waals surface area contributed by atoms with Gasteiger partial charge in [0.05, 0.1) is 6.61 Å². The van der Waals surface area contributed by atoms with E-state index in [4.69, 9.17) is 4.84 Å². The minimum atomic E-state index is 0.398. The van der Waals surface area contributed by atoms with Crippen molar-refractivity contribution in [2.45, 2.75) is 44.9 Å². The molecule has 2 N–H and O–H groups in total. The number of hydroxylamine groups is 1. The molecule has 17 heavy (non-hydrogen) atoms. The van der Waals surface area contributed by atoms with E-state index in [1.807, 2.05) is 18.2 Å². The summed E-state index contributed by atoms with van der Waals surface area (Å²) in [6.07, 6.45) is 3.74. The van der Waals surface area contributed by atoms with Crippen molar-refractivity contribution < 1.29 is 4.84 Å². The Morgan fingerprint density at radius 2 is 2.24 bits per heavy atom. The van der Waals surface area contributed by atoms with Gasteiger partial charge in [-0.25, -0.2) is 0 Å². The largest absolute Gasteiger partial charge is 0.314 e. The molecule has 1 aromatic carbocycles. The maximum absolute atomic E-state index is 5.51. The summed E-state index contributed by atoms with van der Waals surface area (Å²) in [5, 5.41) is 3.50. The summed E-state index contributed by atoms with van der Waals surface area (Å²) in [4.78, 5) is 5.51. The second-order valence-electron chi connectivity index (χ2n) is 4.82. The van der Waals surface area contributed by atoms with E-state index in [1.165, 1.54) is 24.9 Å². The first kappa shape index (κ1) is 12.6. The summed E-state index contributed by atoms with van der Waals surface area (Å²) in [6, 6.07) is 11.3. The molecule has 0 bridgehead atoms. The summed E-state index contributed by atoms with van der Waals surface area (Å²) in [7, 11) is 0. The second-order valence-corrected chi connectivity index (χ2v) is 4.82. The molecule has 1 fully saturated rings. The van der Waals surface area contributed by atoms with E-state index in [0.29, 0.717) is 18.7 Å². The highest BCUT2D eigenvalue weighted by atomic mass is 16.6. The van der Waals surface area contributed by atoms with E-state index in [-0.39, 0.29) is 0 Å². The van der Waals surface area contributed by atoms with E-state index in [9.17, 15) is 0 Å². The van der Waals surface area contributed by atoms with Crippen LogP contribution in [-0.4, -0.2) is 18.6 Å². The minimum absolute atomic E-state index is 0.398. The van der Waals surface area contributed by atoms with E-state index >= 15 is 0 Å². The molecule has 2 rings (SSSR count). The molecular weight excluding hydrogens is 212 g/mol. The Bertz CT molecular complexity index is 309. The van der Waals surface area contributed by atoms with Gasteiger partial charge in [0.15, 0.2) is 0 Å². The highest BCUT2D eigenvalue weighted by Crippen LogP contribution is 2.10. The Labute approximate surface area is 104 Å². The van der Waals surface area contributed by atoms with Crippen LogP contribution < -0.4 is 10.8 Å². The van der Waals surface area contributed by atoms with Crippen LogP contribution in [0.5, 0.6) is 0 Å². The van der Waals surface area contributed by atoms with Gasteiger partial charge in [-0.1, -0.05) is 30.3 Å². The Morgan fingerprint density at radius 1 is 1.41 bits per heavy atom. The fraction of sp³-hybridized carbons (Fsp3) is 0.571. The molecule has 2 unspecified atom stereocenters. The summed E-state index contributed by atoms with van der Waals surface area (Å²) in [6.45, 7) is 3.97. The van der Waals surface area contributed by atoms with Crippen molar-refractivity contribution in [2.24, 2.45) is 0 Å². The summed E-state index contributed by atoms with van der Waals surface area (Å²) < 4.78 is 0. The monoisotopic (exact) mass is 234 g/mol. The van der Waals surface area contributed by atoms with Gasteiger partial charge in [-0.2, -0.15) is 5.48 Å². The minimum Gasteiger partial charge on any atom is -0.314 e. The van der Waals surface area contributed by atoms with E-state index < -0.39 is 0 Å². The third kappa shape index (κ3) is 4.46. The van der Waals surface area contributed by atoms with Crippen LogP contribution in [0.15, 0.2) is 30.3 Å². The van der Waals surface area contributed by atoms with Gasteiger partial charge in [-0.15, -0.1) is 0 Å². The molecule has 3 heteroatoms. The molecule has 0 radical (unpaired) electrons. The zero-order valence-corrected chi connectivity index (χ0v) is 10.5. The van der Waals surface area contributed by atoms with E-state index in [1.54, 1.807) is 0 Å². The first-order valence-corrected chi connectivity index (χ1v) is 6.49. The van der Waals surface area contributed by atoms with Crippen molar-refractivity contribution in [1.82, 2.24) is 10.8 Å². The smallest absolute Gasteiger partial charge is 0.0933 e. The van der Waals surface area contributed by atoms with Crippen molar-refractivity contribution >= 4 is 0 Å². The molecule has 2 atom stereocenters. The standard InChI is InChI=1S/C14H22N2O/c1-12(10-14-8-5-9-15-14)16-17-11-13-6-3-2-4-7-13/h2-4,6-7,12,14-16H,5,8-11H2,1H3. The van der Waals surface area contributed by atoms with Gasteiger partial charge in [0, 0.05) is 12.1 Å². The predicted molar refractivity (Wildman–Crippen MR) is 69.5 cm³/mol. The average Bonchev–Trinajstić information content (AvgIpc) is 2.83. The van der Waals surface area contributed by atoms with Crippen molar-refractivity contribution in [1.29, 1.82) is 0 Å². The molecule has 94 valence electrons. The van der Waals surface area contributed by atoms with Crippen molar-refractivity contribution in [3.8, 4) is 0 Å². The van der Waals surface area contributed by atoms with Crippen LogP contribution in [0, 0.1) is 0 Å². The lowest BCUT2D eigenvalue weighted by Gasteiger charge is -2.17. The highest BCUT2D eigenvalue weighted by Gasteiger charge is 2.16. The number of benzene rings is 1. The van der Waals surface area contributed by atoms with Gasteiger partial charge in [0.2, 0.25) is 0 Å². The molecule has 0 aromatic heterocycles. The molecule has 1 aromatic rings. The normalized spacial score (nSPS) is 21.6. The molecule has 0 spiro atoms. The lowest BCUT2D eigenvalue weighted by atomic mass is 10.1. The third-order valence-electron chi connectivity index (χ3n) is 3.17. The van der Waals surface area contributed by atoms with Gasteiger partial charge in [0.25, 0.3) is 0 Å². The van der Waals surface area contributed by atoms with E-state index in [2.05, 4.69) is 29.9 Å². The first-order valence-electron chi connectivity index (χ1n) is 6.49. The summed E-state index contributed by atoms with van der Waals surface area (Å²) >= 11 is 0. The molecule has 0 amide bonds. The maximum Gasteiger partial charge on any atom is 0.0933 e. The first-order chi connectivity index (χ1) is 8.34. The topological polar surface area (TPSA) is 33.3 Å². The lowest BCUT2D eigenvalue weighted by molar-refractivity contribution is 0.00412. The van der Waals surface area contributed by atoms with Crippen molar-refractivity contribution in [3.63, 3.8) is 0 Å². The molecule has 1 saturated heterocycles. The van der Waals surface area contributed by atoms with Gasteiger partial charge in [0.1, 0.15) is 0 Å². The molecule has 0 saturated carbocycles. The molecule has 0 aliphatic carbocycles. The summed E-state index contributed by atoms with van der Waals surface area (Å²) in [5.74, 6) is 0. The SMILES string of the molecule is CC(CC1CCCN1)NOCc1ccccc1. The van der Waals surface area contributed by atoms with Crippen molar-refractivity contribution in [2.75, 3.05) is 6.54 Å². The Hall–Kier alpha value is -0.900. The highest BCUT2D eigenvalue weighted by molar-refractivity contribution is 5.13. The summed E-state index contributed by atoms with van der Waals surface area (Å²) in [5.41, 5.74) is 4.32. The Morgan fingerprint density at radius 3 is 2.94 bits per heavy atom. The fourth-order valence-corrected chi connectivity index (χ4v) is 2.27. The van der Waals surface area contributed by atoms with Gasteiger partial charge < -0.3 is 5.32 Å². The van der Waals surface area contributed by atoms with Crippen LogP contribution in [0.2, 0.25) is 0 Å². The van der Waals surface area contributed by atoms with Crippen LogP contribution in [0.1, 0.15) is 31.7 Å². The molecular formula is C14H22N2O. The zero-order valence-electron chi connectivity index (χ0n) is 10.5. The lowest BCUT2D eigenvalue weighted by Crippen LogP contribution is -2.33. The fourth-order valence-electron chi connectivity index (χ4n) is 2.27. The zero-order chi connectivity index (χ0) is 11.9. The Kier molecular flexibility index (Phi) is 4.98. The average molecular weight is 234 g/mol. The molecule has 1 heterocycles. The van der Waals surface area contributed by atoms with Gasteiger partial charge in [-0.3, -0.25) is 4.84 Å². The quantitative estimate of drug-likeness (QED) is 0.741. The van der Waals surface area contributed by atoms with Crippen LogP contribution in [0.25, 0.3) is 0 Å². The van der Waals surface area contributed by atoms with Gasteiger partial charge >= 0.3 is 0 Å². The third-order valence-corrected chi connectivity index (χ3v) is 3.17. The van der Waals surface area contributed by atoms with Crippen LogP contribution in [0.3, 0.4) is 0 Å². The second kappa shape index (κ2) is 6.74. The maximum atomic E-state index is 5.51. The molecule has 3 nitrogen and oxygen atoms in total. The predicted octanol–water partition coefficient (Wildman–Crippen LogP) is 2.24. The van der Waals surface area contributed by atoms with Gasteiger partial charge in [-0.05, 0) is 38.3 Å². The molecule has 1 aliphatic rings.